The van der Waals surface area contributed by atoms with Crippen molar-refractivity contribution >= 4 is 0 Å². The average molecular weight is 199 g/mol. The van der Waals surface area contributed by atoms with Crippen LogP contribution in [0.2, 0.25) is 0 Å². The highest BCUT2D eigenvalue weighted by Gasteiger charge is 2.17. The van der Waals surface area contributed by atoms with Crippen molar-refractivity contribution in [3.05, 3.63) is 0 Å². The summed E-state index contributed by atoms with van der Waals surface area (Å²) >= 11 is 0. The second kappa shape index (κ2) is 6.41. The minimum Gasteiger partial charge on any atom is -0.378 e. The van der Waals surface area contributed by atoms with Crippen LogP contribution < -0.4 is 0 Å². The van der Waals surface area contributed by atoms with Gasteiger partial charge in [-0.1, -0.05) is 20.8 Å². The highest BCUT2D eigenvalue weighted by Crippen LogP contribution is 2.14. The van der Waals surface area contributed by atoms with Gasteiger partial charge in [-0.15, -0.1) is 0 Å². The van der Waals surface area contributed by atoms with Gasteiger partial charge in [-0.3, -0.25) is 0 Å². The molecule has 0 saturated carbocycles. The van der Waals surface area contributed by atoms with Gasteiger partial charge in [-0.05, 0) is 31.7 Å². The van der Waals surface area contributed by atoms with Crippen LogP contribution in [0.3, 0.4) is 0 Å². The van der Waals surface area contributed by atoms with E-state index < -0.39 is 0 Å². The van der Waals surface area contributed by atoms with Crippen LogP contribution in [0.15, 0.2) is 0 Å². The maximum absolute atomic E-state index is 5.86. The summed E-state index contributed by atoms with van der Waals surface area (Å²) < 4.78 is 5.86. The molecule has 1 saturated heterocycles. The van der Waals surface area contributed by atoms with Gasteiger partial charge >= 0.3 is 0 Å². The Morgan fingerprint density at radius 1 is 1.29 bits per heavy atom. The van der Waals surface area contributed by atoms with Crippen molar-refractivity contribution in [3.63, 3.8) is 0 Å². The van der Waals surface area contributed by atoms with Crippen molar-refractivity contribution in [2.75, 3.05) is 26.2 Å². The van der Waals surface area contributed by atoms with E-state index in [1.54, 1.807) is 0 Å². The summed E-state index contributed by atoms with van der Waals surface area (Å²) in [6, 6.07) is 0. The van der Waals surface area contributed by atoms with E-state index in [1.165, 1.54) is 38.9 Å². The number of piperidine rings is 1. The number of hydrogen-bond donors (Lipinski definition) is 0. The molecule has 0 aromatic rings. The van der Waals surface area contributed by atoms with Crippen LogP contribution >= 0.6 is 0 Å². The lowest BCUT2D eigenvalue weighted by Crippen LogP contribution is -2.36. The Hall–Kier alpha value is -0.0800. The Morgan fingerprint density at radius 3 is 2.43 bits per heavy atom. The van der Waals surface area contributed by atoms with E-state index in [2.05, 4.69) is 25.7 Å². The first-order valence-electron chi connectivity index (χ1n) is 6.06. The summed E-state index contributed by atoms with van der Waals surface area (Å²) in [6.45, 7) is 11.3. The molecule has 0 spiro atoms. The zero-order chi connectivity index (χ0) is 10.4. The lowest BCUT2D eigenvalue weighted by molar-refractivity contribution is 0.00428. The van der Waals surface area contributed by atoms with E-state index in [1.807, 2.05) is 0 Å². The summed E-state index contributed by atoms with van der Waals surface area (Å²) in [7, 11) is 0. The molecule has 1 fully saturated rings. The molecule has 0 bridgehead atoms. The van der Waals surface area contributed by atoms with E-state index in [0.29, 0.717) is 6.10 Å². The molecule has 14 heavy (non-hydrogen) atoms. The molecule has 84 valence electrons. The van der Waals surface area contributed by atoms with E-state index in [9.17, 15) is 0 Å². The largest absolute Gasteiger partial charge is 0.378 e. The minimum atomic E-state index is 0.538. The van der Waals surface area contributed by atoms with Crippen molar-refractivity contribution in [1.29, 1.82) is 0 Å². The van der Waals surface area contributed by atoms with Crippen LogP contribution in [0.1, 0.15) is 40.0 Å². The third-order valence-corrected chi connectivity index (χ3v) is 3.03. The van der Waals surface area contributed by atoms with Gasteiger partial charge < -0.3 is 9.64 Å². The van der Waals surface area contributed by atoms with Gasteiger partial charge in [-0.2, -0.15) is 0 Å². The van der Waals surface area contributed by atoms with Crippen LogP contribution in [0.4, 0.5) is 0 Å². The van der Waals surface area contributed by atoms with Crippen LogP contribution in [-0.2, 0) is 4.74 Å². The molecule has 0 aliphatic carbocycles. The standard InChI is InChI=1S/C12H25NO/c1-4-13-8-5-12(6-9-13)14-10-7-11(2)3/h11-12H,4-10H2,1-3H3. The van der Waals surface area contributed by atoms with E-state index >= 15 is 0 Å². The normalized spacial score (nSPS) is 20.6. The molecule has 0 amide bonds. The fourth-order valence-corrected chi connectivity index (χ4v) is 1.86. The molecule has 0 radical (unpaired) electrons. The molecule has 0 aromatic heterocycles. The summed E-state index contributed by atoms with van der Waals surface area (Å²) in [5.41, 5.74) is 0. The highest BCUT2D eigenvalue weighted by molar-refractivity contribution is 4.71. The molecule has 0 N–H and O–H groups in total. The van der Waals surface area contributed by atoms with Crippen LogP contribution in [-0.4, -0.2) is 37.2 Å². The predicted octanol–water partition coefficient (Wildman–Crippen LogP) is 2.53. The third-order valence-electron chi connectivity index (χ3n) is 3.03. The van der Waals surface area contributed by atoms with E-state index in [-0.39, 0.29) is 0 Å². The molecule has 0 unspecified atom stereocenters. The zero-order valence-corrected chi connectivity index (χ0v) is 9.96. The maximum atomic E-state index is 5.86. The number of hydrogen-bond acceptors (Lipinski definition) is 2. The Bertz CT molecular complexity index is 139. The second-order valence-electron chi connectivity index (χ2n) is 4.69. The molecule has 1 heterocycles. The summed E-state index contributed by atoms with van der Waals surface area (Å²) in [6.07, 6.45) is 4.20. The number of nitrogens with zero attached hydrogens (tertiary/aromatic N) is 1. The van der Waals surface area contributed by atoms with Gasteiger partial charge in [0, 0.05) is 19.7 Å². The third kappa shape index (κ3) is 4.43. The summed E-state index contributed by atoms with van der Waals surface area (Å²) in [5.74, 6) is 0.769. The Balaban J connectivity index is 2.04. The quantitative estimate of drug-likeness (QED) is 0.674. The monoisotopic (exact) mass is 199 g/mol. The summed E-state index contributed by atoms with van der Waals surface area (Å²) in [5, 5.41) is 0. The van der Waals surface area contributed by atoms with Crippen molar-refractivity contribution < 1.29 is 4.74 Å². The summed E-state index contributed by atoms with van der Waals surface area (Å²) in [4.78, 5) is 2.50. The minimum absolute atomic E-state index is 0.538. The molecule has 2 nitrogen and oxygen atoms in total. The van der Waals surface area contributed by atoms with Crippen molar-refractivity contribution in [1.82, 2.24) is 4.90 Å². The van der Waals surface area contributed by atoms with Crippen LogP contribution in [0, 0.1) is 5.92 Å². The van der Waals surface area contributed by atoms with E-state index in [0.717, 1.165) is 12.5 Å². The topological polar surface area (TPSA) is 12.5 Å². The Morgan fingerprint density at radius 2 is 1.93 bits per heavy atom. The van der Waals surface area contributed by atoms with Gasteiger partial charge in [0.05, 0.1) is 6.10 Å². The zero-order valence-electron chi connectivity index (χ0n) is 9.96. The first kappa shape index (κ1) is 12.0. The number of rotatable bonds is 5. The van der Waals surface area contributed by atoms with Gasteiger partial charge in [0.1, 0.15) is 0 Å². The molecule has 1 aliphatic heterocycles. The smallest absolute Gasteiger partial charge is 0.0599 e. The highest BCUT2D eigenvalue weighted by atomic mass is 16.5. The Kier molecular flexibility index (Phi) is 5.49. The van der Waals surface area contributed by atoms with E-state index in [4.69, 9.17) is 4.74 Å². The van der Waals surface area contributed by atoms with Crippen molar-refractivity contribution in [3.8, 4) is 0 Å². The second-order valence-corrected chi connectivity index (χ2v) is 4.69. The fraction of sp³-hybridized carbons (Fsp3) is 1.00. The lowest BCUT2D eigenvalue weighted by atomic mass is 10.1. The predicted molar refractivity (Wildman–Crippen MR) is 60.5 cm³/mol. The molecule has 0 aromatic carbocycles. The molecule has 2 heteroatoms. The molecule has 0 atom stereocenters. The molecule has 1 aliphatic rings. The average Bonchev–Trinajstić information content (AvgIpc) is 2.18. The lowest BCUT2D eigenvalue weighted by Gasteiger charge is -2.31. The van der Waals surface area contributed by atoms with Gasteiger partial charge in [0.25, 0.3) is 0 Å². The Labute approximate surface area is 88.6 Å². The van der Waals surface area contributed by atoms with Gasteiger partial charge in [-0.25, -0.2) is 0 Å². The number of ether oxygens (including phenoxy) is 1. The molecular formula is C12H25NO. The first-order chi connectivity index (χ1) is 6.72. The molecule has 1 rings (SSSR count). The first-order valence-corrected chi connectivity index (χ1v) is 6.06. The molecular weight excluding hydrogens is 174 g/mol. The fourth-order valence-electron chi connectivity index (χ4n) is 1.86. The number of likely N-dealkylation sites (tertiary alicyclic amines) is 1. The van der Waals surface area contributed by atoms with Crippen molar-refractivity contribution in [2.24, 2.45) is 5.92 Å². The van der Waals surface area contributed by atoms with Crippen LogP contribution in [0.5, 0.6) is 0 Å². The van der Waals surface area contributed by atoms with Crippen LogP contribution in [0.25, 0.3) is 0 Å². The van der Waals surface area contributed by atoms with Crippen molar-refractivity contribution in [2.45, 2.75) is 46.1 Å². The maximum Gasteiger partial charge on any atom is 0.0599 e. The van der Waals surface area contributed by atoms with Gasteiger partial charge in [0.15, 0.2) is 0 Å². The van der Waals surface area contributed by atoms with Gasteiger partial charge in [0.2, 0.25) is 0 Å². The SMILES string of the molecule is CCN1CCC(OCCC(C)C)CC1.